The lowest BCUT2D eigenvalue weighted by atomic mass is 9.60. The summed E-state index contributed by atoms with van der Waals surface area (Å²) in [5, 5.41) is 0. The van der Waals surface area contributed by atoms with Gasteiger partial charge in [0, 0.05) is 12.8 Å². The van der Waals surface area contributed by atoms with Crippen molar-refractivity contribution in [3.8, 4) is 0 Å². The Kier molecular flexibility index (Phi) is 4.31. The number of Topliss-reactive ketones (excluding diaryl/α,β-unsaturated/α-hetero) is 2. The van der Waals surface area contributed by atoms with Crippen LogP contribution < -0.4 is 0 Å². The van der Waals surface area contributed by atoms with Crippen molar-refractivity contribution < 1.29 is 19.2 Å². The molecule has 0 aromatic carbocycles. The minimum atomic E-state index is -0.118. The molecule has 2 unspecified atom stereocenters. The van der Waals surface area contributed by atoms with Gasteiger partial charge in [0.15, 0.2) is 0 Å². The highest BCUT2D eigenvalue weighted by Crippen LogP contribution is 2.46. The maximum absolute atomic E-state index is 11.6. The molecule has 21 heavy (non-hydrogen) atoms. The van der Waals surface area contributed by atoms with E-state index in [0.29, 0.717) is 25.7 Å². The third-order valence-corrected chi connectivity index (χ3v) is 5.31. The van der Waals surface area contributed by atoms with Crippen molar-refractivity contribution in [1.29, 1.82) is 0 Å². The Bertz CT molecular complexity index is 530. The van der Waals surface area contributed by atoms with E-state index in [1.54, 1.807) is 0 Å². The van der Waals surface area contributed by atoms with Crippen LogP contribution in [0, 0.1) is 17.3 Å². The maximum Gasteiger partial charge on any atom is 0.334 e. The van der Waals surface area contributed by atoms with E-state index >= 15 is 0 Å². The van der Waals surface area contributed by atoms with Crippen molar-refractivity contribution in [2.75, 3.05) is 0 Å². The van der Waals surface area contributed by atoms with E-state index < -0.39 is 0 Å². The molecule has 2 fully saturated rings. The van der Waals surface area contributed by atoms with Gasteiger partial charge in [0.2, 0.25) is 11.6 Å². The third kappa shape index (κ3) is 2.92. The zero-order valence-corrected chi connectivity index (χ0v) is 12.5. The lowest BCUT2D eigenvalue weighted by Gasteiger charge is -2.42. The predicted octanol–water partition coefficient (Wildman–Crippen LogP) is 2.09. The SMILES string of the molecule is CC(C)(C1CCC(=O)C(=[N+]=[N-])C1)C1CCC(=O)C(=[N+]=[N-])C1. The second-order valence-electron chi connectivity index (χ2n) is 6.64. The largest absolute Gasteiger partial charge is 0.361 e. The van der Waals surface area contributed by atoms with Crippen LogP contribution in [-0.2, 0) is 9.59 Å². The normalized spacial score (nSPS) is 27.3. The molecule has 0 heterocycles. The highest BCUT2D eigenvalue weighted by Gasteiger charge is 2.46. The summed E-state index contributed by atoms with van der Waals surface area (Å²) in [7, 11) is 0. The van der Waals surface area contributed by atoms with Crippen molar-refractivity contribution >= 4 is 23.0 Å². The van der Waals surface area contributed by atoms with Gasteiger partial charge in [-0.25, -0.2) is 0 Å². The Labute approximate surface area is 123 Å². The minimum absolute atomic E-state index is 0.0824. The van der Waals surface area contributed by atoms with E-state index in [0.717, 1.165) is 12.8 Å². The van der Waals surface area contributed by atoms with E-state index in [4.69, 9.17) is 11.1 Å². The van der Waals surface area contributed by atoms with Gasteiger partial charge in [0.1, 0.15) is 0 Å². The van der Waals surface area contributed by atoms with Crippen LogP contribution in [0.15, 0.2) is 0 Å². The van der Waals surface area contributed by atoms with Crippen LogP contribution in [0.5, 0.6) is 0 Å². The summed E-state index contributed by atoms with van der Waals surface area (Å²) in [5.41, 5.74) is 18.3. The zero-order valence-electron chi connectivity index (χ0n) is 12.5. The van der Waals surface area contributed by atoms with Crippen LogP contribution in [0.4, 0.5) is 0 Å². The second kappa shape index (κ2) is 5.84. The molecule has 0 aromatic heterocycles. The first kappa shape index (κ1) is 15.5. The first-order valence-electron chi connectivity index (χ1n) is 7.38. The number of hydrogen-bond acceptors (Lipinski definition) is 2. The van der Waals surface area contributed by atoms with Gasteiger partial charge in [-0.3, -0.25) is 9.59 Å². The van der Waals surface area contributed by atoms with E-state index in [1.807, 2.05) is 0 Å². The van der Waals surface area contributed by atoms with Crippen LogP contribution >= 0.6 is 0 Å². The van der Waals surface area contributed by atoms with Gasteiger partial charge in [-0.15, -0.1) is 0 Å². The number of ketones is 2. The molecule has 0 saturated heterocycles. The summed E-state index contributed by atoms with van der Waals surface area (Å²) in [6.07, 6.45) is 3.28. The van der Waals surface area contributed by atoms with E-state index in [1.165, 1.54) is 0 Å². The molecule has 0 aliphatic heterocycles. The Balaban J connectivity index is 2.18. The molecule has 0 radical (unpaired) electrons. The molecule has 2 saturated carbocycles. The Hall–Kier alpha value is -1.90. The minimum Gasteiger partial charge on any atom is -0.361 e. The van der Waals surface area contributed by atoms with Crippen LogP contribution in [0.1, 0.15) is 52.4 Å². The average molecular weight is 288 g/mol. The number of carbonyl (C=O) groups is 2. The molecule has 0 spiro atoms. The lowest BCUT2D eigenvalue weighted by Crippen LogP contribution is -2.42. The molecular formula is C15H20N4O2. The summed E-state index contributed by atoms with van der Waals surface area (Å²) in [6.45, 7) is 4.25. The first-order chi connectivity index (χ1) is 9.90. The second-order valence-corrected chi connectivity index (χ2v) is 6.64. The van der Waals surface area contributed by atoms with Crippen molar-refractivity contribution in [2.24, 2.45) is 17.3 Å². The fourth-order valence-electron chi connectivity index (χ4n) is 3.59. The van der Waals surface area contributed by atoms with Crippen molar-refractivity contribution in [2.45, 2.75) is 52.4 Å². The van der Waals surface area contributed by atoms with E-state index in [9.17, 15) is 9.59 Å². The highest BCUT2D eigenvalue weighted by atomic mass is 16.1. The monoisotopic (exact) mass is 288 g/mol. The average Bonchev–Trinajstić information content (AvgIpc) is 2.47. The molecule has 0 amide bonds. The molecule has 112 valence electrons. The van der Waals surface area contributed by atoms with Crippen molar-refractivity contribution in [1.82, 2.24) is 0 Å². The molecule has 0 bridgehead atoms. The van der Waals surface area contributed by atoms with E-state index in [-0.39, 0.29) is 40.2 Å². The van der Waals surface area contributed by atoms with Crippen molar-refractivity contribution in [3.05, 3.63) is 11.1 Å². The smallest absolute Gasteiger partial charge is 0.334 e. The molecular weight excluding hydrogens is 268 g/mol. The standard InChI is InChI=1S/C15H20N4O2/c1-15(2,9-3-5-13(20)11(7-9)18-16)10-4-6-14(21)12(8-10)19-17/h9-10H,3-8H2,1-2H3. The van der Waals surface area contributed by atoms with Crippen LogP contribution in [-0.4, -0.2) is 32.6 Å². The summed E-state index contributed by atoms with van der Waals surface area (Å²) in [6, 6.07) is 0. The number of hydrogen-bond donors (Lipinski definition) is 0. The zero-order chi connectivity index (χ0) is 15.6. The molecule has 2 aliphatic carbocycles. The summed E-state index contributed by atoms with van der Waals surface area (Å²) in [5.74, 6) is 0.278. The summed E-state index contributed by atoms with van der Waals surface area (Å²) >= 11 is 0. The third-order valence-electron chi connectivity index (χ3n) is 5.31. The molecule has 2 rings (SSSR count). The quantitative estimate of drug-likeness (QED) is 0.573. The topological polar surface area (TPSA) is 107 Å². The van der Waals surface area contributed by atoms with E-state index in [2.05, 4.69) is 23.4 Å². The molecule has 6 heteroatoms. The number of rotatable bonds is 2. The number of nitrogens with zero attached hydrogens (tertiary/aromatic N) is 4. The summed E-state index contributed by atoms with van der Waals surface area (Å²) < 4.78 is 0. The maximum atomic E-state index is 11.6. The lowest BCUT2D eigenvalue weighted by molar-refractivity contribution is -0.121. The van der Waals surface area contributed by atoms with Crippen LogP contribution in [0.2, 0.25) is 0 Å². The van der Waals surface area contributed by atoms with Gasteiger partial charge in [-0.2, -0.15) is 9.58 Å². The highest BCUT2D eigenvalue weighted by molar-refractivity contribution is 6.38. The molecule has 2 aliphatic rings. The van der Waals surface area contributed by atoms with Crippen molar-refractivity contribution in [3.63, 3.8) is 0 Å². The first-order valence-corrected chi connectivity index (χ1v) is 7.38. The fraction of sp³-hybridized carbons (Fsp3) is 0.733. The fourth-order valence-corrected chi connectivity index (χ4v) is 3.59. The predicted molar refractivity (Wildman–Crippen MR) is 75.7 cm³/mol. The van der Waals surface area contributed by atoms with Gasteiger partial charge in [0.25, 0.3) is 0 Å². The van der Waals surface area contributed by atoms with Crippen LogP contribution in [0.3, 0.4) is 0 Å². The Morgan fingerprint density at radius 3 is 1.62 bits per heavy atom. The van der Waals surface area contributed by atoms with Gasteiger partial charge in [0.05, 0.1) is 12.8 Å². The van der Waals surface area contributed by atoms with Gasteiger partial charge < -0.3 is 11.1 Å². The van der Waals surface area contributed by atoms with Gasteiger partial charge in [-0.1, -0.05) is 13.8 Å². The summed E-state index contributed by atoms with van der Waals surface area (Å²) in [4.78, 5) is 29.5. The van der Waals surface area contributed by atoms with Crippen LogP contribution in [0.25, 0.3) is 11.1 Å². The molecule has 2 atom stereocenters. The Morgan fingerprint density at radius 2 is 1.29 bits per heavy atom. The van der Waals surface area contributed by atoms with Gasteiger partial charge >= 0.3 is 11.4 Å². The Morgan fingerprint density at radius 1 is 0.905 bits per heavy atom. The molecule has 0 aromatic rings. The molecule has 0 N–H and O–H groups in total. The van der Waals surface area contributed by atoms with Gasteiger partial charge in [-0.05, 0) is 30.1 Å². The number of carbonyl (C=O) groups excluding carboxylic acids is 2. The molecule has 6 nitrogen and oxygen atoms in total.